The summed E-state index contributed by atoms with van der Waals surface area (Å²) in [4.78, 5) is 13.6. The van der Waals surface area contributed by atoms with Gasteiger partial charge in [0.1, 0.15) is 0 Å². The van der Waals surface area contributed by atoms with E-state index in [1.54, 1.807) is 0 Å². The van der Waals surface area contributed by atoms with Crippen LogP contribution in [0.3, 0.4) is 0 Å². The first-order valence-corrected chi connectivity index (χ1v) is 6.48. The van der Waals surface area contributed by atoms with Crippen molar-refractivity contribution in [1.29, 1.82) is 0 Å². The number of nitrogens with two attached hydrogens (primary N) is 1. The molecule has 0 atom stereocenters. The van der Waals surface area contributed by atoms with E-state index in [-0.39, 0.29) is 11.4 Å². The van der Waals surface area contributed by atoms with Crippen molar-refractivity contribution in [2.45, 2.75) is 32.2 Å². The molecule has 0 spiro atoms. The van der Waals surface area contributed by atoms with E-state index >= 15 is 0 Å². The molecule has 1 aliphatic rings. The van der Waals surface area contributed by atoms with Crippen molar-refractivity contribution in [2.75, 3.05) is 6.54 Å². The molecule has 2 rings (SSSR count). The van der Waals surface area contributed by atoms with Crippen molar-refractivity contribution < 1.29 is 4.79 Å². The van der Waals surface area contributed by atoms with Gasteiger partial charge in [-0.25, -0.2) is 0 Å². The zero-order chi connectivity index (χ0) is 12.5. The first-order valence-electron chi connectivity index (χ1n) is 5.66. The van der Waals surface area contributed by atoms with E-state index in [2.05, 4.69) is 24.1 Å². The highest BCUT2D eigenvalue weighted by Crippen LogP contribution is 2.35. The lowest BCUT2D eigenvalue weighted by molar-refractivity contribution is 0.0939. The van der Waals surface area contributed by atoms with Crippen LogP contribution in [0.15, 0.2) is 6.07 Å². The third kappa shape index (κ3) is 2.87. The smallest absolute Gasteiger partial charge is 0.261 e. The lowest BCUT2D eigenvalue weighted by Crippen LogP contribution is -2.33. The largest absolute Gasteiger partial charge is 0.346 e. The number of carbonyl (C=O) groups is 1. The zero-order valence-corrected chi connectivity index (χ0v) is 10.9. The molecule has 1 aliphatic carbocycles. The van der Waals surface area contributed by atoms with Gasteiger partial charge in [-0.05, 0) is 38.3 Å². The third-order valence-corrected chi connectivity index (χ3v) is 4.01. The van der Waals surface area contributed by atoms with Gasteiger partial charge in [0.05, 0.1) is 16.3 Å². The van der Waals surface area contributed by atoms with Crippen LogP contribution in [0.2, 0.25) is 0 Å². The molecule has 1 aromatic rings. The summed E-state index contributed by atoms with van der Waals surface area (Å²) in [5.74, 6) is 5.82. The lowest BCUT2D eigenvalue weighted by atomic mass is 10.2. The van der Waals surface area contributed by atoms with Gasteiger partial charge < -0.3 is 11.1 Å². The molecule has 0 unspecified atom stereocenters. The fourth-order valence-electron chi connectivity index (χ4n) is 1.50. The topological polar surface area (TPSA) is 55.1 Å². The van der Waals surface area contributed by atoms with Gasteiger partial charge in [-0.3, -0.25) is 4.79 Å². The second-order valence-corrected chi connectivity index (χ2v) is 5.70. The Morgan fingerprint density at radius 3 is 2.94 bits per heavy atom. The van der Waals surface area contributed by atoms with Crippen molar-refractivity contribution in [1.82, 2.24) is 5.32 Å². The van der Waals surface area contributed by atoms with E-state index in [1.165, 1.54) is 11.3 Å². The molecular weight excluding hydrogens is 232 g/mol. The van der Waals surface area contributed by atoms with Crippen molar-refractivity contribution in [3.63, 3.8) is 0 Å². The number of hydrogen-bond acceptors (Lipinski definition) is 3. The maximum atomic E-state index is 12.0. The highest BCUT2D eigenvalue weighted by atomic mass is 32.1. The molecule has 0 aliphatic heterocycles. The molecule has 3 nitrogen and oxygen atoms in total. The molecule has 0 radical (unpaired) electrons. The van der Waals surface area contributed by atoms with E-state index in [0.717, 1.165) is 28.2 Å². The molecule has 3 N–H and O–H groups in total. The molecule has 0 saturated heterocycles. The number of amides is 1. The number of carbonyl (C=O) groups excluding carboxylic acids is 1. The molecule has 0 aromatic carbocycles. The molecule has 90 valence electrons. The molecular formula is C13H16N2OS. The Morgan fingerprint density at radius 2 is 2.35 bits per heavy atom. The first kappa shape index (κ1) is 12.2. The van der Waals surface area contributed by atoms with Gasteiger partial charge in [0.25, 0.3) is 5.91 Å². The summed E-state index contributed by atoms with van der Waals surface area (Å²) in [6, 6.07) is 1.90. The van der Waals surface area contributed by atoms with Crippen LogP contribution in [-0.2, 0) is 0 Å². The molecule has 4 heteroatoms. The molecule has 1 fully saturated rings. The lowest BCUT2D eigenvalue weighted by Gasteiger charge is -2.09. The van der Waals surface area contributed by atoms with Gasteiger partial charge in [-0.15, -0.1) is 11.3 Å². The van der Waals surface area contributed by atoms with Gasteiger partial charge in [0.15, 0.2) is 0 Å². The molecule has 1 aromatic heterocycles. The van der Waals surface area contributed by atoms with Gasteiger partial charge in [-0.1, -0.05) is 11.8 Å². The van der Waals surface area contributed by atoms with Crippen LogP contribution in [0.25, 0.3) is 0 Å². The highest BCUT2D eigenvalue weighted by Gasteiger charge is 2.39. The van der Waals surface area contributed by atoms with E-state index in [0.29, 0.717) is 6.54 Å². The predicted octanol–water partition coefficient (Wildman–Crippen LogP) is 1.65. The van der Waals surface area contributed by atoms with E-state index in [9.17, 15) is 4.79 Å². The fourth-order valence-corrected chi connectivity index (χ4v) is 2.44. The third-order valence-electron chi connectivity index (χ3n) is 2.86. The standard InChI is InChI=1S/C13H16N2OS/c1-9-8-11(17-10(9)4-3-7-14)12(16)15-13(2)5-6-13/h8H,5-7,14H2,1-2H3,(H,15,16). The Kier molecular flexibility index (Phi) is 3.23. The van der Waals surface area contributed by atoms with Crippen molar-refractivity contribution in [2.24, 2.45) is 5.73 Å². The summed E-state index contributed by atoms with van der Waals surface area (Å²) in [7, 11) is 0. The van der Waals surface area contributed by atoms with Crippen LogP contribution in [0.1, 0.15) is 39.9 Å². The minimum absolute atomic E-state index is 0.0129. The second-order valence-electron chi connectivity index (χ2n) is 4.64. The van der Waals surface area contributed by atoms with Crippen LogP contribution < -0.4 is 11.1 Å². The minimum atomic E-state index is 0.0129. The Bertz CT molecular complexity index is 503. The Labute approximate surface area is 105 Å². The summed E-state index contributed by atoms with van der Waals surface area (Å²) >= 11 is 1.43. The molecule has 1 saturated carbocycles. The molecule has 17 heavy (non-hydrogen) atoms. The summed E-state index contributed by atoms with van der Waals surface area (Å²) in [5, 5.41) is 3.04. The summed E-state index contributed by atoms with van der Waals surface area (Å²) in [6.45, 7) is 4.38. The number of hydrogen-bond donors (Lipinski definition) is 2. The van der Waals surface area contributed by atoms with E-state index in [1.807, 2.05) is 13.0 Å². The van der Waals surface area contributed by atoms with Crippen molar-refractivity contribution >= 4 is 17.2 Å². The molecule has 0 bridgehead atoms. The average molecular weight is 248 g/mol. The summed E-state index contributed by atoms with van der Waals surface area (Å²) in [6.07, 6.45) is 2.14. The zero-order valence-electron chi connectivity index (χ0n) is 10.1. The van der Waals surface area contributed by atoms with Crippen molar-refractivity contribution in [3.8, 4) is 11.8 Å². The summed E-state index contributed by atoms with van der Waals surface area (Å²) in [5.41, 5.74) is 6.41. The Hall–Kier alpha value is -1.31. The fraction of sp³-hybridized carbons (Fsp3) is 0.462. The second kappa shape index (κ2) is 4.52. The number of rotatable bonds is 2. The molecule has 1 amide bonds. The predicted molar refractivity (Wildman–Crippen MR) is 70.1 cm³/mol. The summed E-state index contributed by atoms with van der Waals surface area (Å²) < 4.78 is 0. The number of thiophene rings is 1. The number of nitrogens with one attached hydrogen (secondary N) is 1. The van der Waals surface area contributed by atoms with Crippen molar-refractivity contribution in [3.05, 3.63) is 21.4 Å². The Balaban J connectivity index is 2.13. The SMILES string of the molecule is Cc1cc(C(=O)NC2(C)CC2)sc1C#CCN. The van der Waals surface area contributed by atoms with Gasteiger partial charge in [-0.2, -0.15) is 0 Å². The maximum Gasteiger partial charge on any atom is 0.261 e. The van der Waals surface area contributed by atoms with Gasteiger partial charge >= 0.3 is 0 Å². The molecule has 1 heterocycles. The van der Waals surface area contributed by atoms with Crippen LogP contribution in [0.5, 0.6) is 0 Å². The van der Waals surface area contributed by atoms with Crippen LogP contribution in [0.4, 0.5) is 0 Å². The first-order chi connectivity index (χ1) is 8.04. The van der Waals surface area contributed by atoms with E-state index < -0.39 is 0 Å². The van der Waals surface area contributed by atoms with Crippen LogP contribution in [0, 0.1) is 18.8 Å². The van der Waals surface area contributed by atoms with Crippen LogP contribution >= 0.6 is 11.3 Å². The van der Waals surface area contributed by atoms with E-state index in [4.69, 9.17) is 5.73 Å². The average Bonchev–Trinajstić information content (AvgIpc) is 2.88. The van der Waals surface area contributed by atoms with Crippen LogP contribution in [-0.4, -0.2) is 18.0 Å². The minimum Gasteiger partial charge on any atom is -0.346 e. The van der Waals surface area contributed by atoms with Gasteiger partial charge in [0.2, 0.25) is 0 Å². The number of aryl methyl sites for hydroxylation is 1. The van der Waals surface area contributed by atoms with Gasteiger partial charge in [0, 0.05) is 5.54 Å². The quantitative estimate of drug-likeness (QED) is 0.782. The Morgan fingerprint density at radius 1 is 1.65 bits per heavy atom. The maximum absolute atomic E-state index is 12.0. The monoisotopic (exact) mass is 248 g/mol. The highest BCUT2D eigenvalue weighted by molar-refractivity contribution is 7.14. The normalized spacial score (nSPS) is 15.9.